The molecule has 1 aromatic heterocycles. The Morgan fingerprint density at radius 3 is 2.34 bits per heavy atom. The van der Waals surface area contributed by atoms with E-state index in [1.54, 1.807) is 48.8 Å². The maximum absolute atomic E-state index is 14.2. The van der Waals surface area contributed by atoms with Crippen molar-refractivity contribution in [3.8, 4) is 0 Å². The number of hydrogen-bond donors (Lipinski definition) is 3. The van der Waals surface area contributed by atoms with Gasteiger partial charge in [-0.05, 0) is 48.7 Å². The van der Waals surface area contributed by atoms with E-state index in [0.29, 0.717) is 24.1 Å². The molecule has 8 heteroatoms. The van der Waals surface area contributed by atoms with Gasteiger partial charge in [-0.25, -0.2) is 8.78 Å². The number of amides is 2. The van der Waals surface area contributed by atoms with E-state index in [2.05, 4.69) is 15.6 Å². The SMILES string of the molecule is NC(CNC(=O)C1(c2ccc(F)cc2F)CC1)c1ccc(C(=O)Nc2ccncc2)cc1. The molecule has 2 amide bonds. The van der Waals surface area contributed by atoms with Gasteiger partial charge in [-0.15, -0.1) is 0 Å². The van der Waals surface area contributed by atoms with Gasteiger partial charge in [0.25, 0.3) is 5.91 Å². The number of halogens is 2. The standard InChI is InChI=1S/C24H22F2N4O2/c25-17-5-6-19(20(26)13-17)24(9-10-24)23(32)29-14-21(27)15-1-3-16(4-2-15)22(31)30-18-7-11-28-12-8-18/h1-8,11-13,21H,9-10,14,27H2,(H,29,32)(H,28,30,31). The van der Waals surface area contributed by atoms with Gasteiger partial charge in [-0.2, -0.15) is 0 Å². The molecule has 1 heterocycles. The van der Waals surface area contributed by atoms with Crippen LogP contribution < -0.4 is 16.4 Å². The monoisotopic (exact) mass is 436 g/mol. The predicted octanol–water partition coefficient (Wildman–Crippen LogP) is 3.46. The lowest BCUT2D eigenvalue weighted by Gasteiger charge is -2.19. The van der Waals surface area contributed by atoms with E-state index in [4.69, 9.17) is 5.73 Å². The summed E-state index contributed by atoms with van der Waals surface area (Å²) < 4.78 is 27.4. The highest BCUT2D eigenvalue weighted by Crippen LogP contribution is 2.49. The minimum absolute atomic E-state index is 0.145. The number of hydrogen-bond acceptors (Lipinski definition) is 4. The first-order chi connectivity index (χ1) is 15.4. The number of carbonyl (C=O) groups is 2. The Morgan fingerprint density at radius 1 is 1.03 bits per heavy atom. The number of anilines is 1. The summed E-state index contributed by atoms with van der Waals surface area (Å²) in [5, 5.41) is 5.56. The number of aromatic nitrogens is 1. The minimum Gasteiger partial charge on any atom is -0.353 e. The normalized spacial score (nSPS) is 15.0. The number of carbonyl (C=O) groups excluding carboxylic acids is 2. The molecule has 0 bridgehead atoms. The molecule has 1 aliphatic carbocycles. The molecule has 4 N–H and O–H groups in total. The molecule has 0 spiro atoms. The number of benzene rings is 2. The van der Waals surface area contributed by atoms with Crippen molar-refractivity contribution in [2.75, 3.05) is 11.9 Å². The third kappa shape index (κ3) is 4.50. The molecule has 164 valence electrons. The van der Waals surface area contributed by atoms with Gasteiger partial charge in [0.1, 0.15) is 11.6 Å². The summed E-state index contributed by atoms with van der Waals surface area (Å²) in [6.45, 7) is 0.145. The van der Waals surface area contributed by atoms with E-state index < -0.39 is 23.1 Å². The van der Waals surface area contributed by atoms with Crippen LogP contribution >= 0.6 is 0 Å². The van der Waals surface area contributed by atoms with E-state index in [0.717, 1.165) is 17.7 Å². The van der Waals surface area contributed by atoms with Gasteiger partial charge in [0.2, 0.25) is 5.91 Å². The first-order valence-corrected chi connectivity index (χ1v) is 10.2. The Morgan fingerprint density at radius 2 is 1.72 bits per heavy atom. The van der Waals surface area contributed by atoms with Crippen LogP contribution in [-0.4, -0.2) is 23.3 Å². The summed E-state index contributed by atoms with van der Waals surface area (Å²) in [7, 11) is 0. The van der Waals surface area contributed by atoms with Crippen molar-refractivity contribution in [1.82, 2.24) is 10.3 Å². The number of nitrogens with zero attached hydrogens (tertiary/aromatic N) is 1. The fourth-order valence-corrected chi connectivity index (χ4v) is 3.63. The molecule has 1 aliphatic rings. The van der Waals surface area contributed by atoms with E-state index >= 15 is 0 Å². The summed E-state index contributed by atoms with van der Waals surface area (Å²) in [5.74, 6) is -1.99. The zero-order valence-corrected chi connectivity index (χ0v) is 17.1. The maximum Gasteiger partial charge on any atom is 0.255 e. The number of rotatable bonds is 7. The van der Waals surface area contributed by atoms with Crippen molar-refractivity contribution >= 4 is 17.5 Å². The summed E-state index contributed by atoms with van der Waals surface area (Å²) in [5.41, 5.74) is 7.28. The van der Waals surface area contributed by atoms with Crippen molar-refractivity contribution < 1.29 is 18.4 Å². The molecular weight excluding hydrogens is 414 g/mol. The highest BCUT2D eigenvalue weighted by molar-refractivity contribution is 6.04. The largest absolute Gasteiger partial charge is 0.353 e. The third-order valence-corrected chi connectivity index (χ3v) is 5.65. The Kier molecular flexibility index (Phi) is 5.96. The zero-order chi connectivity index (χ0) is 22.7. The van der Waals surface area contributed by atoms with Gasteiger partial charge >= 0.3 is 0 Å². The molecule has 1 saturated carbocycles. The van der Waals surface area contributed by atoms with E-state index in [1.807, 2.05) is 0 Å². The molecule has 1 fully saturated rings. The van der Waals surface area contributed by atoms with Crippen molar-refractivity contribution in [2.45, 2.75) is 24.3 Å². The first-order valence-electron chi connectivity index (χ1n) is 10.2. The van der Waals surface area contributed by atoms with E-state index in [9.17, 15) is 18.4 Å². The van der Waals surface area contributed by atoms with Gasteiger partial charge in [0.15, 0.2) is 0 Å². The van der Waals surface area contributed by atoms with Crippen LogP contribution in [0.5, 0.6) is 0 Å². The molecular formula is C24H22F2N4O2. The average molecular weight is 436 g/mol. The van der Waals surface area contributed by atoms with Crippen LogP contribution in [0.1, 0.15) is 40.4 Å². The second-order valence-electron chi connectivity index (χ2n) is 7.83. The predicted molar refractivity (Wildman–Crippen MR) is 116 cm³/mol. The molecule has 3 aromatic rings. The van der Waals surface area contributed by atoms with Crippen LogP contribution in [0, 0.1) is 11.6 Å². The molecule has 1 unspecified atom stereocenters. The molecule has 0 radical (unpaired) electrons. The highest BCUT2D eigenvalue weighted by atomic mass is 19.1. The fraction of sp³-hybridized carbons (Fsp3) is 0.208. The lowest BCUT2D eigenvalue weighted by molar-refractivity contribution is -0.123. The highest BCUT2D eigenvalue weighted by Gasteiger charge is 2.52. The molecule has 6 nitrogen and oxygen atoms in total. The Labute approximate surface area is 183 Å². The first kappa shape index (κ1) is 21.6. The fourth-order valence-electron chi connectivity index (χ4n) is 3.63. The molecule has 1 atom stereocenters. The number of pyridine rings is 1. The van der Waals surface area contributed by atoms with Crippen LogP contribution in [0.2, 0.25) is 0 Å². The molecule has 4 rings (SSSR count). The molecule has 32 heavy (non-hydrogen) atoms. The maximum atomic E-state index is 14.2. The summed E-state index contributed by atoms with van der Waals surface area (Å²) in [6, 6.07) is 12.9. The Hall–Kier alpha value is -3.65. The summed E-state index contributed by atoms with van der Waals surface area (Å²) in [6.07, 6.45) is 4.17. The number of nitrogens with one attached hydrogen (secondary N) is 2. The van der Waals surface area contributed by atoms with Crippen LogP contribution in [0.25, 0.3) is 0 Å². The molecule has 0 saturated heterocycles. The van der Waals surface area contributed by atoms with Gasteiger partial charge < -0.3 is 16.4 Å². The van der Waals surface area contributed by atoms with Crippen LogP contribution in [0.15, 0.2) is 67.0 Å². The van der Waals surface area contributed by atoms with E-state index in [-0.39, 0.29) is 23.9 Å². The second kappa shape index (κ2) is 8.84. The lowest BCUT2D eigenvalue weighted by Crippen LogP contribution is -2.39. The number of nitrogens with two attached hydrogens (primary N) is 1. The van der Waals surface area contributed by atoms with Crippen LogP contribution in [0.4, 0.5) is 14.5 Å². The van der Waals surface area contributed by atoms with Crippen LogP contribution in [-0.2, 0) is 10.2 Å². The summed E-state index contributed by atoms with van der Waals surface area (Å²) >= 11 is 0. The lowest BCUT2D eigenvalue weighted by atomic mass is 9.94. The second-order valence-corrected chi connectivity index (χ2v) is 7.83. The van der Waals surface area contributed by atoms with Crippen molar-refractivity contribution in [2.24, 2.45) is 5.73 Å². The van der Waals surface area contributed by atoms with Crippen molar-refractivity contribution in [3.05, 3.63) is 95.3 Å². The average Bonchev–Trinajstić information content (AvgIpc) is 3.60. The molecule has 0 aliphatic heterocycles. The van der Waals surface area contributed by atoms with Crippen molar-refractivity contribution in [1.29, 1.82) is 0 Å². The van der Waals surface area contributed by atoms with Gasteiger partial charge in [0.05, 0.1) is 5.41 Å². The zero-order valence-electron chi connectivity index (χ0n) is 17.1. The third-order valence-electron chi connectivity index (χ3n) is 5.65. The minimum atomic E-state index is -0.966. The van der Waals surface area contributed by atoms with Crippen molar-refractivity contribution in [3.63, 3.8) is 0 Å². The van der Waals surface area contributed by atoms with Gasteiger partial charge in [-0.1, -0.05) is 18.2 Å². The van der Waals surface area contributed by atoms with E-state index in [1.165, 1.54) is 6.07 Å². The van der Waals surface area contributed by atoms with Crippen LogP contribution in [0.3, 0.4) is 0 Å². The van der Waals surface area contributed by atoms with Gasteiger partial charge in [-0.3, -0.25) is 14.6 Å². The smallest absolute Gasteiger partial charge is 0.255 e. The van der Waals surface area contributed by atoms with Gasteiger partial charge in [0, 0.05) is 47.9 Å². The Bertz CT molecular complexity index is 1130. The quantitative estimate of drug-likeness (QED) is 0.528. The molecule has 2 aromatic carbocycles. The summed E-state index contributed by atoms with van der Waals surface area (Å²) in [4.78, 5) is 29.0. The topological polar surface area (TPSA) is 97.1 Å². The Balaban J connectivity index is 1.35.